The molecular formula is C29H23N7O9. The summed E-state index contributed by atoms with van der Waals surface area (Å²) in [5, 5.41) is 2.88. The molecule has 6 aromatic rings. The second-order valence-electron chi connectivity index (χ2n) is 10.3. The van der Waals surface area contributed by atoms with Gasteiger partial charge in [0.1, 0.15) is 49.3 Å². The number of aromatic nitrogens is 6. The topological polar surface area (TPSA) is 212 Å². The molecular weight excluding hydrogens is 590 g/mol. The van der Waals surface area contributed by atoms with Gasteiger partial charge in [0, 0.05) is 0 Å². The van der Waals surface area contributed by atoms with Gasteiger partial charge in [0.2, 0.25) is 35.3 Å². The number of hydrogen-bond donors (Lipinski definition) is 1. The van der Waals surface area contributed by atoms with E-state index in [0.29, 0.717) is 17.1 Å². The molecule has 1 amide bonds. The summed E-state index contributed by atoms with van der Waals surface area (Å²) >= 11 is 0. The fraction of sp³-hybridized carbons (Fsp3) is 0.241. The molecule has 0 aromatic carbocycles. The minimum Gasteiger partial charge on any atom is -0.469 e. The standard InChI is InChI=1S/C29H23N7O9/c1-13(2)22-29-35-20(12-45-29)28-33-17(10-43-28)25-30-15(7-40-25)5-4-14(6-21(37)39-3)24-32-18(9-41-24)27-34-19(11-44-27)26-31-16(8-42-26)23(38)36-22/h4-5,7-14,22H,6H2,1-3H3,(H,36,38). The Labute approximate surface area is 252 Å². The molecule has 45 heavy (non-hydrogen) atoms. The second-order valence-corrected chi connectivity index (χ2v) is 10.3. The lowest BCUT2D eigenvalue weighted by Gasteiger charge is -2.18. The number of carbonyl (C=O) groups is 2. The fourth-order valence-corrected chi connectivity index (χ4v) is 4.48. The van der Waals surface area contributed by atoms with E-state index in [1.165, 1.54) is 44.7 Å². The van der Waals surface area contributed by atoms with Crippen molar-refractivity contribution < 1.29 is 40.8 Å². The molecule has 16 nitrogen and oxygen atoms in total. The zero-order valence-electron chi connectivity index (χ0n) is 23.9. The van der Waals surface area contributed by atoms with Crippen LogP contribution in [0.15, 0.2) is 70.2 Å². The molecule has 0 spiro atoms. The molecule has 6 aromatic heterocycles. The van der Waals surface area contributed by atoms with E-state index < -0.39 is 23.8 Å². The van der Waals surface area contributed by atoms with Gasteiger partial charge in [-0.3, -0.25) is 9.59 Å². The van der Waals surface area contributed by atoms with E-state index in [0.717, 1.165) is 0 Å². The van der Waals surface area contributed by atoms with Crippen molar-refractivity contribution in [2.24, 2.45) is 5.92 Å². The zero-order valence-corrected chi connectivity index (χ0v) is 23.9. The van der Waals surface area contributed by atoms with E-state index in [1.54, 1.807) is 12.2 Å². The van der Waals surface area contributed by atoms with Crippen LogP contribution in [0.5, 0.6) is 0 Å². The third-order valence-corrected chi connectivity index (χ3v) is 6.84. The Balaban J connectivity index is 1.29. The summed E-state index contributed by atoms with van der Waals surface area (Å²) in [4.78, 5) is 51.9. The molecule has 7 rings (SSSR count). The van der Waals surface area contributed by atoms with Crippen LogP contribution in [-0.4, -0.2) is 48.9 Å². The van der Waals surface area contributed by atoms with Gasteiger partial charge >= 0.3 is 5.97 Å². The first-order valence-corrected chi connectivity index (χ1v) is 13.6. The average molecular weight is 614 g/mol. The SMILES string of the molecule is COC(=O)CC1C=Cc2coc(n2)-c2coc(n2)-c2coc(n2)C(C(C)C)NC(=O)c2coc(n2)-c2coc(n2)-c2coc1n2. The van der Waals surface area contributed by atoms with E-state index in [1.807, 2.05) is 13.8 Å². The van der Waals surface area contributed by atoms with Crippen molar-refractivity contribution >= 4 is 18.0 Å². The number of oxazole rings is 6. The maximum Gasteiger partial charge on any atom is 0.306 e. The Hall–Kier alpha value is -6.06. The molecule has 2 unspecified atom stereocenters. The van der Waals surface area contributed by atoms with E-state index >= 15 is 0 Å². The molecule has 0 saturated heterocycles. The molecule has 1 aliphatic rings. The van der Waals surface area contributed by atoms with Crippen LogP contribution in [-0.2, 0) is 9.53 Å². The summed E-state index contributed by atoms with van der Waals surface area (Å²) in [7, 11) is 1.29. The van der Waals surface area contributed by atoms with Gasteiger partial charge in [0.15, 0.2) is 28.5 Å². The summed E-state index contributed by atoms with van der Waals surface area (Å²) in [6.07, 6.45) is 11.3. The Morgan fingerprint density at radius 3 is 1.89 bits per heavy atom. The van der Waals surface area contributed by atoms with Crippen LogP contribution in [0, 0.1) is 5.92 Å². The van der Waals surface area contributed by atoms with E-state index in [4.69, 9.17) is 31.2 Å². The summed E-state index contributed by atoms with van der Waals surface area (Å²) in [5.41, 5.74) is 1.54. The van der Waals surface area contributed by atoms with Gasteiger partial charge in [0.25, 0.3) is 5.91 Å². The van der Waals surface area contributed by atoms with Crippen molar-refractivity contribution in [1.82, 2.24) is 35.2 Å². The van der Waals surface area contributed by atoms with Crippen LogP contribution in [0.3, 0.4) is 0 Å². The largest absolute Gasteiger partial charge is 0.469 e. The Morgan fingerprint density at radius 2 is 1.24 bits per heavy atom. The van der Waals surface area contributed by atoms with E-state index in [2.05, 4.69) is 35.2 Å². The van der Waals surface area contributed by atoms with Crippen LogP contribution in [0.4, 0.5) is 0 Å². The van der Waals surface area contributed by atoms with E-state index in [9.17, 15) is 9.59 Å². The molecule has 1 aliphatic heterocycles. The highest BCUT2D eigenvalue weighted by Gasteiger charge is 2.28. The highest BCUT2D eigenvalue weighted by atomic mass is 16.5. The highest BCUT2D eigenvalue weighted by molar-refractivity contribution is 5.92. The van der Waals surface area contributed by atoms with Crippen LogP contribution in [0.2, 0.25) is 0 Å². The third kappa shape index (κ3) is 5.44. The normalized spacial score (nSPS) is 16.4. The van der Waals surface area contributed by atoms with Crippen molar-refractivity contribution in [2.75, 3.05) is 7.11 Å². The van der Waals surface area contributed by atoms with Gasteiger partial charge < -0.3 is 36.6 Å². The number of rotatable bonds is 3. The number of carbonyl (C=O) groups excluding carboxylic acids is 2. The Kier molecular flexibility index (Phi) is 6.92. The Bertz CT molecular complexity index is 2020. The number of fused-ring (bicyclic) bond motifs is 16. The quantitative estimate of drug-likeness (QED) is 0.258. The predicted molar refractivity (Wildman–Crippen MR) is 148 cm³/mol. The molecule has 228 valence electrons. The van der Waals surface area contributed by atoms with Crippen LogP contribution < -0.4 is 5.32 Å². The third-order valence-electron chi connectivity index (χ3n) is 6.84. The first-order chi connectivity index (χ1) is 21.8. The summed E-state index contributed by atoms with van der Waals surface area (Å²) in [6, 6.07) is -0.615. The van der Waals surface area contributed by atoms with Crippen molar-refractivity contribution in [3.63, 3.8) is 0 Å². The predicted octanol–water partition coefficient (Wildman–Crippen LogP) is 5.08. The van der Waals surface area contributed by atoms with Crippen LogP contribution in [0.25, 0.3) is 52.4 Å². The van der Waals surface area contributed by atoms with Gasteiger partial charge in [0.05, 0.1) is 19.4 Å². The van der Waals surface area contributed by atoms with Crippen molar-refractivity contribution in [2.45, 2.75) is 32.2 Å². The molecule has 0 saturated carbocycles. The lowest BCUT2D eigenvalue weighted by atomic mass is 10.0. The minimum absolute atomic E-state index is 0.00487. The summed E-state index contributed by atoms with van der Waals surface area (Å²) in [5.74, 6) is -0.808. The lowest BCUT2D eigenvalue weighted by molar-refractivity contribution is -0.140. The van der Waals surface area contributed by atoms with Gasteiger partial charge in [-0.25, -0.2) is 29.9 Å². The number of ether oxygens (including phenoxy) is 1. The molecule has 12 bridgehead atoms. The molecule has 2 atom stereocenters. The van der Waals surface area contributed by atoms with Crippen LogP contribution in [0.1, 0.15) is 60.2 Å². The van der Waals surface area contributed by atoms with Gasteiger partial charge in [-0.2, -0.15) is 0 Å². The molecule has 7 heterocycles. The summed E-state index contributed by atoms with van der Waals surface area (Å²) in [6.45, 7) is 3.80. The van der Waals surface area contributed by atoms with Crippen LogP contribution >= 0.6 is 0 Å². The first kappa shape index (κ1) is 27.8. The van der Waals surface area contributed by atoms with Gasteiger partial charge in [-0.05, 0) is 12.0 Å². The number of nitrogens with zero attached hydrogens (tertiary/aromatic N) is 6. The lowest BCUT2D eigenvalue weighted by Crippen LogP contribution is -2.32. The maximum absolute atomic E-state index is 13.2. The number of hydrogen-bond acceptors (Lipinski definition) is 15. The minimum atomic E-state index is -0.631. The fourth-order valence-electron chi connectivity index (χ4n) is 4.48. The summed E-state index contributed by atoms with van der Waals surface area (Å²) < 4.78 is 38.6. The first-order valence-electron chi connectivity index (χ1n) is 13.6. The van der Waals surface area contributed by atoms with Crippen molar-refractivity contribution in [1.29, 1.82) is 0 Å². The van der Waals surface area contributed by atoms with Gasteiger partial charge in [-0.1, -0.05) is 19.9 Å². The van der Waals surface area contributed by atoms with Gasteiger partial charge in [-0.15, -0.1) is 0 Å². The molecule has 0 aliphatic carbocycles. The maximum atomic E-state index is 13.2. The Morgan fingerprint density at radius 1 is 0.733 bits per heavy atom. The molecule has 1 N–H and O–H groups in total. The molecule has 16 heteroatoms. The second kappa shape index (κ2) is 11.2. The molecule has 0 fully saturated rings. The van der Waals surface area contributed by atoms with Crippen molar-refractivity contribution in [3.05, 3.63) is 66.8 Å². The average Bonchev–Trinajstić information content (AvgIpc) is 3.88. The van der Waals surface area contributed by atoms with Crippen molar-refractivity contribution in [3.8, 4) is 46.3 Å². The highest BCUT2D eigenvalue weighted by Crippen LogP contribution is 2.31. The van der Waals surface area contributed by atoms with E-state index in [-0.39, 0.29) is 64.8 Å². The number of esters is 1. The molecule has 0 radical (unpaired) electrons. The monoisotopic (exact) mass is 613 g/mol. The zero-order chi connectivity index (χ0) is 31.1. The number of amides is 1. The number of methoxy groups -OCH3 is 1. The number of nitrogens with one attached hydrogen (secondary N) is 1. The smallest absolute Gasteiger partial charge is 0.306 e. The number of allylic oxidation sites excluding steroid dienone is 1.